The standard InChI is InChI=1S/C18H28N2OS/c1-13-5-6-14-12-18(7-9-19-10-8-18)16(15(14)11-13)20-22(21)17(2,3)4/h5-6,11,16,19-20H,7-10,12H2,1-4H3/t16?,22-/m1/s1. The summed E-state index contributed by atoms with van der Waals surface area (Å²) in [5, 5.41) is 3.47. The molecule has 0 radical (unpaired) electrons. The molecule has 2 N–H and O–H groups in total. The lowest BCUT2D eigenvalue weighted by Gasteiger charge is -2.40. The van der Waals surface area contributed by atoms with Crippen LogP contribution in [0.15, 0.2) is 18.2 Å². The van der Waals surface area contributed by atoms with Gasteiger partial charge in [-0.1, -0.05) is 23.8 Å². The molecule has 0 saturated carbocycles. The minimum absolute atomic E-state index is 0.213. The van der Waals surface area contributed by atoms with Crippen LogP contribution in [-0.4, -0.2) is 22.0 Å². The highest BCUT2D eigenvalue weighted by atomic mass is 32.2. The van der Waals surface area contributed by atoms with Crippen LogP contribution in [0.2, 0.25) is 0 Å². The highest BCUT2D eigenvalue weighted by molar-refractivity contribution is 7.84. The molecule has 1 aromatic rings. The van der Waals surface area contributed by atoms with E-state index in [0.29, 0.717) is 0 Å². The summed E-state index contributed by atoms with van der Waals surface area (Å²) in [7, 11) is -1.04. The first-order valence-corrected chi connectivity index (χ1v) is 9.45. The van der Waals surface area contributed by atoms with Gasteiger partial charge in [0.2, 0.25) is 0 Å². The first-order chi connectivity index (χ1) is 10.3. The molecule has 1 unspecified atom stereocenters. The van der Waals surface area contributed by atoms with Gasteiger partial charge in [0.05, 0.1) is 21.8 Å². The van der Waals surface area contributed by atoms with Gasteiger partial charge in [0.1, 0.15) is 0 Å². The third kappa shape index (κ3) is 2.89. The van der Waals surface area contributed by atoms with E-state index in [4.69, 9.17) is 0 Å². The summed E-state index contributed by atoms with van der Waals surface area (Å²) in [6.45, 7) is 10.4. The first-order valence-electron chi connectivity index (χ1n) is 8.30. The summed E-state index contributed by atoms with van der Waals surface area (Å²) < 4.78 is 16.0. The molecule has 3 rings (SSSR count). The normalized spacial score (nSPS) is 25.2. The van der Waals surface area contributed by atoms with Crippen molar-refractivity contribution in [2.45, 2.75) is 57.7 Å². The smallest absolute Gasteiger partial charge is 0.0976 e. The van der Waals surface area contributed by atoms with Crippen molar-refractivity contribution in [2.75, 3.05) is 13.1 Å². The minimum Gasteiger partial charge on any atom is -0.317 e. The summed E-state index contributed by atoms with van der Waals surface area (Å²) in [4.78, 5) is 0. The molecule has 1 heterocycles. The van der Waals surface area contributed by atoms with Gasteiger partial charge in [-0.2, -0.15) is 0 Å². The molecule has 1 fully saturated rings. The van der Waals surface area contributed by atoms with Crippen molar-refractivity contribution in [1.82, 2.24) is 10.0 Å². The second-order valence-corrected chi connectivity index (χ2v) is 9.92. The Morgan fingerprint density at radius 1 is 1.27 bits per heavy atom. The number of hydrogen-bond acceptors (Lipinski definition) is 2. The average Bonchev–Trinajstić information content (AvgIpc) is 2.72. The van der Waals surface area contributed by atoms with Crippen LogP contribution in [0.1, 0.15) is 56.3 Å². The zero-order valence-corrected chi connectivity index (χ0v) is 15.0. The molecular formula is C18H28N2OS. The Balaban J connectivity index is 1.97. The monoisotopic (exact) mass is 320 g/mol. The van der Waals surface area contributed by atoms with Gasteiger partial charge in [-0.15, -0.1) is 0 Å². The molecule has 2 atom stereocenters. The third-order valence-corrected chi connectivity index (χ3v) is 6.71. The van der Waals surface area contributed by atoms with E-state index in [2.05, 4.69) is 35.2 Å². The van der Waals surface area contributed by atoms with Crippen LogP contribution in [0.25, 0.3) is 0 Å². The van der Waals surface area contributed by atoms with E-state index in [9.17, 15) is 4.21 Å². The SMILES string of the molecule is Cc1ccc2c(c1)C(N[S@](=O)C(C)(C)C)C1(CCNCC1)C2. The molecule has 2 aliphatic rings. The fraction of sp³-hybridized carbons (Fsp3) is 0.667. The van der Waals surface area contributed by atoms with Crippen LogP contribution in [0.3, 0.4) is 0 Å². The lowest BCUT2D eigenvalue weighted by molar-refractivity contribution is 0.164. The maximum Gasteiger partial charge on any atom is 0.0976 e. The van der Waals surface area contributed by atoms with Crippen LogP contribution >= 0.6 is 0 Å². The highest BCUT2D eigenvalue weighted by Gasteiger charge is 2.47. The number of benzene rings is 1. The summed E-state index contributed by atoms with van der Waals surface area (Å²) in [5.41, 5.74) is 4.33. The molecule has 0 aromatic heterocycles. The lowest BCUT2D eigenvalue weighted by atomic mass is 9.73. The first kappa shape index (κ1) is 16.2. The van der Waals surface area contributed by atoms with E-state index in [0.717, 1.165) is 32.4 Å². The Bertz CT molecular complexity index is 585. The maximum absolute atomic E-state index is 12.7. The van der Waals surface area contributed by atoms with Gasteiger partial charge in [0, 0.05) is 0 Å². The van der Waals surface area contributed by atoms with Crippen LogP contribution in [0, 0.1) is 12.3 Å². The summed E-state index contributed by atoms with van der Waals surface area (Å²) in [6.07, 6.45) is 3.42. The summed E-state index contributed by atoms with van der Waals surface area (Å²) in [6, 6.07) is 6.99. The Kier molecular flexibility index (Phi) is 4.21. The van der Waals surface area contributed by atoms with Gasteiger partial charge in [0.15, 0.2) is 0 Å². The Morgan fingerprint density at radius 3 is 2.59 bits per heavy atom. The number of piperidine rings is 1. The van der Waals surface area contributed by atoms with Crippen LogP contribution in [0.4, 0.5) is 0 Å². The molecule has 22 heavy (non-hydrogen) atoms. The van der Waals surface area contributed by atoms with Gasteiger partial charge >= 0.3 is 0 Å². The van der Waals surface area contributed by atoms with Crippen molar-refractivity contribution in [3.8, 4) is 0 Å². The molecule has 1 saturated heterocycles. The van der Waals surface area contributed by atoms with Gasteiger partial charge in [0.25, 0.3) is 0 Å². The van der Waals surface area contributed by atoms with Gasteiger partial charge in [-0.25, -0.2) is 8.93 Å². The quantitative estimate of drug-likeness (QED) is 0.879. The third-order valence-electron chi connectivity index (χ3n) is 5.15. The van der Waals surface area contributed by atoms with Crippen molar-refractivity contribution in [2.24, 2.45) is 5.41 Å². The predicted molar refractivity (Wildman–Crippen MR) is 93.2 cm³/mol. The zero-order valence-electron chi connectivity index (χ0n) is 14.2. The molecule has 1 aliphatic carbocycles. The van der Waals surface area contributed by atoms with E-state index in [1.165, 1.54) is 16.7 Å². The summed E-state index contributed by atoms with van der Waals surface area (Å²) >= 11 is 0. The van der Waals surface area contributed by atoms with Crippen molar-refractivity contribution < 1.29 is 4.21 Å². The second kappa shape index (κ2) is 5.73. The zero-order chi connectivity index (χ0) is 16.0. The number of fused-ring (bicyclic) bond motifs is 1. The van der Waals surface area contributed by atoms with E-state index < -0.39 is 11.0 Å². The van der Waals surface area contributed by atoms with E-state index in [-0.39, 0.29) is 16.2 Å². The van der Waals surface area contributed by atoms with Crippen LogP contribution in [-0.2, 0) is 17.4 Å². The Hall–Kier alpha value is -0.710. The van der Waals surface area contributed by atoms with E-state index in [1.54, 1.807) is 0 Å². The van der Waals surface area contributed by atoms with Crippen LogP contribution in [0.5, 0.6) is 0 Å². The number of hydrogen-bond donors (Lipinski definition) is 2. The molecule has 0 amide bonds. The topological polar surface area (TPSA) is 41.1 Å². The molecule has 1 spiro atoms. The molecule has 0 bridgehead atoms. The average molecular weight is 321 g/mol. The fourth-order valence-electron chi connectivity index (χ4n) is 3.82. The minimum atomic E-state index is -1.04. The predicted octanol–water partition coefficient (Wildman–Crippen LogP) is 3.01. The molecule has 1 aromatic carbocycles. The maximum atomic E-state index is 12.7. The van der Waals surface area contributed by atoms with Crippen molar-refractivity contribution in [1.29, 1.82) is 0 Å². The molecule has 1 aliphatic heterocycles. The Morgan fingerprint density at radius 2 is 1.95 bits per heavy atom. The van der Waals surface area contributed by atoms with Crippen molar-refractivity contribution in [3.05, 3.63) is 34.9 Å². The second-order valence-electron chi connectivity index (χ2n) is 7.92. The molecule has 4 heteroatoms. The van der Waals surface area contributed by atoms with E-state index in [1.807, 2.05) is 20.8 Å². The number of rotatable bonds is 2. The van der Waals surface area contributed by atoms with Crippen molar-refractivity contribution >= 4 is 11.0 Å². The largest absolute Gasteiger partial charge is 0.317 e. The highest BCUT2D eigenvalue weighted by Crippen LogP contribution is 2.51. The molecule has 122 valence electrons. The number of nitrogens with one attached hydrogen (secondary N) is 2. The molecule has 3 nitrogen and oxygen atoms in total. The number of aryl methyl sites for hydroxylation is 1. The van der Waals surface area contributed by atoms with Crippen LogP contribution < -0.4 is 10.0 Å². The fourth-order valence-corrected chi connectivity index (χ4v) is 4.76. The van der Waals surface area contributed by atoms with Gasteiger partial charge < -0.3 is 5.32 Å². The Labute approximate surface area is 136 Å². The molecular weight excluding hydrogens is 292 g/mol. The van der Waals surface area contributed by atoms with Crippen molar-refractivity contribution in [3.63, 3.8) is 0 Å². The van der Waals surface area contributed by atoms with Gasteiger partial charge in [-0.3, -0.25) is 0 Å². The van der Waals surface area contributed by atoms with Gasteiger partial charge in [-0.05, 0) is 76.6 Å². The van der Waals surface area contributed by atoms with E-state index >= 15 is 0 Å². The summed E-state index contributed by atoms with van der Waals surface area (Å²) in [5.74, 6) is 0. The lowest BCUT2D eigenvalue weighted by Crippen LogP contribution is -2.46.